The zero-order valence-electron chi connectivity index (χ0n) is 25.4. The first kappa shape index (κ1) is 32.8. The van der Waals surface area contributed by atoms with Gasteiger partial charge >= 0.3 is 0 Å². The number of nitrogens with zero attached hydrogens (tertiary/aromatic N) is 1. The van der Waals surface area contributed by atoms with Gasteiger partial charge in [-0.1, -0.05) is 90.5 Å². The topological polar surface area (TPSA) is 105 Å². The van der Waals surface area contributed by atoms with Gasteiger partial charge in [-0.25, -0.2) is 8.42 Å². The van der Waals surface area contributed by atoms with Crippen molar-refractivity contribution in [2.75, 3.05) is 24.5 Å². The highest BCUT2D eigenvalue weighted by Gasteiger charge is 2.29. The first-order valence-electron chi connectivity index (χ1n) is 15.1. The summed E-state index contributed by atoms with van der Waals surface area (Å²) in [6, 6.07) is 29.1. The molecule has 2 bridgehead atoms. The summed E-state index contributed by atoms with van der Waals surface area (Å²) in [5, 5.41) is 6.04. The van der Waals surface area contributed by atoms with Crippen LogP contribution in [0.2, 0.25) is 5.02 Å². The van der Waals surface area contributed by atoms with Crippen LogP contribution in [0, 0.1) is 0 Å². The third kappa shape index (κ3) is 7.61. The van der Waals surface area contributed by atoms with Crippen LogP contribution in [-0.4, -0.2) is 40.4 Å². The van der Waals surface area contributed by atoms with Crippen molar-refractivity contribution in [3.8, 4) is 5.75 Å². The standard InChI is InChI=1S/C36H36ClN3O5S/c1-45-33-20-12-11-19-30(33)32-25-38-36(42)29(26-14-6-4-7-15-26)18-10-2-3-13-23-40(28-16-8-5-9-17-28)46(43,44)34-24-27(35(41)39-32)21-22-31(34)37/h3-9,11-17,19-22,24,29,32H,2,10,18,23,25H2,1H3,(H,38,42)(H,39,41)/b13-3-. The average molecular weight is 658 g/mol. The molecule has 1 aliphatic heterocycles. The summed E-state index contributed by atoms with van der Waals surface area (Å²) < 4.78 is 35.1. The van der Waals surface area contributed by atoms with Crippen LogP contribution in [0.3, 0.4) is 0 Å². The number of hydrogen-bond donors (Lipinski definition) is 2. The molecular weight excluding hydrogens is 622 g/mol. The summed E-state index contributed by atoms with van der Waals surface area (Å²) in [6.45, 7) is 0.131. The number of ether oxygens (including phenoxy) is 1. The van der Waals surface area contributed by atoms with Crippen molar-refractivity contribution in [3.05, 3.63) is 137 Å². The summed E-state index contributed by atoms with van der Waals surface area (Å²) >= 11 is 6.48. The van der Waals surface area contributed by atoms with Gasteiger partial charge in [0.25, 0.3) is 15.9 Å². The summed E-state index contributed by atoms with van der Waals surface area (Å²) in [6.07, 6.45) is 5.65. The minimum absolute atomic E-state index is 0.00337. The predicted octanol–water partition coefficient (Wildman–Crippen LogP) is 6.66. The number of benzene rings is 4. The SMILES string of the molecule is COc1ccccc1C1CNC(=O)C(c2ccccc2)CCC/C=C\CN(c2ccccc2)S(=O)(=O)c2cc(ccc2Cl)C(=O)N1. The fourth-order valence-electron chi connectivity index (χ4n) is 5.52. The maximum Gasteiger partial charge on any atom is 0.266 e. The molecule has 0 radical (unpaired) electrons. The highest BCUT2D eigenvalue weighted by atomic mass is 35.5. The maximum atomic E-state index is 14.1. The average Bonchev–Trinajstić information content (AvgIpc) is 3.08. The molecule has 0 aliphatic carbocycles. The van der Waals surface area contributed by atoms with E-state index in [0.717, 1.165) is 5.56 Å². The number of fused-ring (bicyclic) bond motifs is 2. The zero-order valence-corrected chi connectivity index (χ0v) is 27.0. The van der Waals surface area contributed by atoms with Gasteiger partial charge in [0.2, 0.25) is 5.91 Å². The molecule has 0 spiro atoms. The number of allylic oxidation sites excluding steroid dienone is 1. The molecule has 0 fully saturated rings. The molecule has 4 aromatic rings. The number of carbonyl (C=O) groups excluding carboxylic acids is 2. The lowest BCUT2D eigenvalue weighted by molar-refractivity contribution is -0.122. The van der Waals surface area contributed by atoms with E-state index >= 15 is 0 Å². The van der Waals surface area contributed by atoms with Gasteiger partial charge in [-0.2, -0.15) is 0 Å². The highest BCUT2D eigenvalue weighted by Crippen LogP contribution is 2.31. The molecule has 238 valence electrons. The number of nitrogens with one attached hydrogen (secondary N) is 2. The quantitative estimate of drug-likeness (QED) is 0.239. The van der Waals surface area contributed by atoms with E-state index in [9.17, 15) is 18.0 Å². The Hall–Kier alpha value is -4.60. The second kappa shape index (κ2) is 15.1. The molecular formula is C36H36ClN3O5S. The largest absolute Gasteiger partial charge is 0.496 e. The molecule has 2 unspecified atom stereocenters. The molecule has 0 saturated carbocycles. The van der Waals surface area contributed by atoms with Crippen LogP contribution in [0.5, 0.6) is 5.75 Å². The minimum atomic E-state index is -4.18. The predicted molar refractivity (Wildman–Crippen MR) is 181 cm³/mol. The molecule has 0 saturated heterocycles. The van der Waals surface area contributed by atoms with Gasteiger partial charge in [-0.15, -0.1) is 0 Å². The van der Waals surface area contributed by atoms with Crippen LogP contribution in [0.25, 0.3) is 0 Å². The Kier molecular flexibility index (Phi) is 10.8. The van der Waals surface area contributed by atoms with Crippen LogP contribution in [0.15, 0.2) is 120 Å². The number of anilines is 1. The van der Waals surface area contributed by atoms with Crippen molar-refractivity contribution < 1.29 is 22.7 Å². The Morgan fingerprint density at radius 1 is 0.870 bits per heavy atom. The highest BCUT2D eigenvalue weighted by molar-refractivity contribution is 7.93. The van der Waals surface area contributed by atoms with Crippen molar-refractivity contribution in [1.29, 1.82) is 0 Å². The van der Waals surface area contributed by atoms with E-state index in [4.69, 9.17) is 16.3 Å². The molecule has 4 aromatic carbocycles. The van der Waals surface area contributed by atoms with E-state index in [-0.39, 0.29) is 34.5 Å². The zero-order chi connectivity index (χ0) is 32.5. The van der Waals surface area contributed by atoms with Gasteiger partial charge in [-0.3, -0.25) is 13.9 Å². The lowest BCUT2D eigenvalue weighted by Crippen LogP contribution is -2.40. The molecule has 0 aromatic heterocycles. The number of amides is 2. The van der Waals surface area contributed by atoms with E-state index < -0.39 is 27.9 Å². The van der Waals surface area contributed by atoms with E-state index in [2.05, 4.69) is 10.6 Å². The molecule has 1 heterocycles. The fourth-order valence-corrected chi connectivity index (χ4v) is 7.44. The van der Waals surface area contributed by atoms with Crippen molar-refractivity contribution >= 4 is 39.1 Å². The lowest BCUT2D eigenvalue weighted by Gasteiger charge is -2.25. The lowest BCUT2D eigenvalue weighted by atomic mass is 9.92. The van der Waals surface area contributed by atoms with Gasteiger partial charge in [0.1, 0.15) is 10.6 Å². The summed E-state index contributed by atoms with van der Waals surface area (Å²) in [5.41, 5.74) is 2.11. The van der Waals surface area contributed by atoms with E-state index in [1.54, 1.807) is 36.4 Å². The van der Waals surface area contributed by atoms with Crippen molar-refractivity contribution in [3.63, 3.8) is 0 Å². The summed E-state index contributed by atoms with van der Waals surface area (Å²) in [4.78, 5) is 27.3. The monoisotopic (exact) mass is 657 g/mol. The van der Waals surface area contributed by atoms with Crippen LogP contribution >= 0.6 is 11.6 Å². The van der Waals surface area contributed by atoms with Crippen molar-refractivity contribution in [1.82, 2.24) is 10.6 Å². The number of rotatable bonds is 4. The Morgan fingerprint density at radius 2 is 1.57 bits per heavy atom. The van der Waals surface area contributed by atoms with Gasteiger partial charge in [0.05, 0.1) is 36.3 Å². The molecule has 2 amide bonds. The second-order valence-electron chi connectivity index (χ2n) is 10.9. The first-order chi connectivity index (χ1) is 22.3. The summed E-state index contributed by atoms with van der Waals surface area (Å²) in [5.74, 6) is -0.568. The van der Waals surface area contributed by atoms with Gasteiger partial charge in [0, 0.05) is 17.7 Å². The maximum absolute atomic E-state index is 14.1. The van der Waals surface area contributed by atoms with Crippen LogP contribution in [0.1, 0.15) is 52.7 Å². The summed E-state index contributed by atoms with van der Waals surface area (Å²) in [7, 11) is -2.65. The molecule has 5 rings (SSSR count). The third-order valence-corrected chi connectivity index (χ3v) is 10.2. The number of halogens is 1. The first-order valence-corrected chi connectivity index (χ1v) is 16.9. The smallest absolute Gasteiger partial charge is 0.266 e. The van der Waals surface area contributed by atoms with Crippen molar-refractivity contribution in [2.24, 2.45) is 0 Å². The van der Waals surface area contributed by atoms with Crippen LogP contribution < -0.4 is 19.7 Å². The molecule has 8 nitrogen and oxygen atoms in total. The van der Waals surface area contributed by atoms with Crippen LogP contribution in [-0.2, 0) is 14.8 Å². The van der Waals surface area contributed by atoms with Crippen molar-refractivity contribution in [2.45, 2.75) is 36.1 Å². The molecule has 1 aliphatic rings. The van der Waals surface area contributed by atoms with E-state index in [0.29, 0.717) is 36.3 Å². The Bertz CT molecular complexity index is 1800. The molecule has 46 heavy (non-hydrogen) atoms. The molecule has 2 N–H and O–H groups in total. The third-order valence-electron chi connectivity index (χ3n) is 7.93. The number of sulfonamides is 1. The number of carbonyl (C=O) groups is 2. The Balaban J connectivity index is 1.57. The van der Waals surface area contributed by atoms with E-state index in [1.807, 2.05) is 60.7 Å². The Labute approximate surface area is 275 Å². The second-order valence-corrected chi connectivity index (χ2v) is 13.1. The minimum Gasteiger partial charge on any atom is -0.496 e. The van der Waals surface area contributed by atoms with Gasteiger partial charge in [-0.05, 0) is 61.2 Å². The van der Waals surface area contributed by atoms with Gasteiger partial charge < -0.3 is 15.4 Å². The number of methoxy groups -OCH3 is 1. The molecule has 10 heteroatoms. The van der Waals surface area contributed by atoms with E-state index in [1.165, 1.54) is 29.6 Å². The Morgan fingerprint density at radius 3 is 2.30 bits per heavy atom. The number of para-hydroxylation sites is 2. The fraction of sp³-hybridized carbons (Fsp3) is 0.222. The normalized spacial score (nSPS) is 20.0. The molecule has 2 atom stereocenters. The van der Waals surface area contributed by atoms with Gasteiger partial charge in [0.15, 0.2) is 0 Å². The van der Waals surface area contributed by atoms with Crippen LogP contribution in [0.4, 0.5) is 5.69 Å². The number of hydrogen-bond acceptors (Lipinski definition) is 5.